The smallest absolute Gasteiger partial charge is 0.237 e. The fraction of sp³-hybridized carbons (Fsp3) is 0.625. The van der Waals surface area contributed by atoms with Crippen LogP contribution in [0.15, 0.2) is 18.3 Å². The zero-order valence-corrected chi connectivity index (χ0v) is 12.9. The molecule has 6 nitrogen and oxygen atoms in total. The van der Waals surface area contributed by atoms with Crippen LogP contribution in [0.1, 0.15) is 24.8 Å². The Labute approximate surface area is 131 Å². The van der Waals surface area contributed by atoms with Crippen LogP contribution in [0.25, 0.3) is 0 Å². The normalized spacial score (nSPS) is 22.4. The molecule has 2 aliphatic rings. The van der Waals surface area contributed by atoms with Crippen molar-refractivity contribution in [2.24, 2.45) is 0 Å². The highest BCUT2D eigenvalue weighted by Gasteiger charge is 2.21. The first-order valence-electron chi connectivity index (χ1n) is 8.12. The second kappa shape index (κ2) is 7.56. The van der Waals surface area contributed by atoms with Crippen molar-refractivity contribution >= 4 is 11.7 Å². The number of ether oxygens (including phenoxy) is 1. The van der Waals surface area contributed by atoms with Crippen molar-refractivity contribution in [3.8, 4) is 0 Å². The van der Waals surface area contributed by atoms with Crippen molar-refractivity contribution in [2.45, 2.75) is 31.8 Å². The number of amides is 1. The molecule has 1 aromatic heterocycles. The third-order valence-corrected chi connectivity index (χ3v) is 4.26. The first-order valence-corrected chi connectivity index (χ1v) is 8.12. The van der Waals surface area contributed by atoms with Crippen molar-refractivity contribution < 1.29 is 9.53 Å². The van der Waals surface area contributed by atoms with Crippen LogP contribution in [-0.4, -0.2) is 49.8 Å². The lowest BCUT2D eigenvalue weighted by molar-refractivity contribution is -0.123. The Morgan fingerprint density at radius 2 is 2.27 bits per heavy atom. The van der Waals surface area contributed by atoms with Crippen molar-refractivity contribution in [2.75, 3.05) is 37.7 Å². The van der Waals surface area contributed by atoms with Crippen LogP contribution in [0.4, 0.5) is 5.82 Å². The lowest BCUT2D eigenvalue weighted by Gasteiger charge is -2.29. The Balaban J connectivity index is 1.60. The molecule has 0 saturated carbocycles. The first kappa shape index (κ1) is 15.2. The maximum atomic E-state index is 12.2. The summed E-state index contributed by atoms with van der Waals surface area (Å²) in [6.45, 7) is 4.62. The Morgan fingerprint density at radius 3 is 3.05 bits per heavy atom. The molecule has 3 rings (SSSR count). The van der Waals surface area contributed by atoms with Crippen LogP contribution >= 0.6 is 0 Å². The van der Waals surface area contributed by atoms with Gasteiger partial charge in [-0.25, -0.2) is 4.98 Å². The average Bonchev–Trinajstić information content (AvgIpc) is 2.61. The molecule has 2 N–H and O–H groups in total. The van der Waals surface area contributed by atoms with E-state index in [0.29, 0.717) is 6.54 Å². The molecule has 1 amide bonds. The van der Waals surface area contributed by atoms with Gasteiger partial charge in [-0.1, -0.05) is 12.5 Å². The lowest BCUT2D eigenvalue weighted by atomic mass is 10.0. The van der Waals surface area contributed by atoms with Gasteiger partial charge in [0.15, 0.2) is 0 Å². The van der Waals surface area contributed by atoms with Crippen molar-refractivity contribution in [1.29, 1.82) is 0 Å². The van der Waals surface area contributed by atoms with Crippen LogP contribution in [0.3, 0.4) is 0 Å². The van der Waals surface area contributed by atoms with Gasteiger partial charge in [-0.05, 0) is 25.5 Å². The number of carbonyl (C=O) groups is 1. The number of morpholine rings is 1. The highest BCUT2D eigenvalue weighted by Crippen LogP contribution is 2.18. The minimum absolute atomic E-state index is 0.0442. The topological polar surface area (TPSA) is 66.5 Å². The quantitative estimate of drug-likeness (QED) is 0.856. The van der Waals surface area contributed by atoms with Gasteiger partial charge in [0.2, 0.25) is 5.91 Å². The fourth-order valence-corrected chi connectivity index (χ4v) is 3.01. The van der Waals surface area contributed by atoms with Gasteiger partial charge in [0.05, 0.1) is 19.3 Å². The number of pyridine rings is 1. The second-order valence-electron chi connectivity index (χ2n) is 5.81. The highest BCUT2D eigenvalue weighted by molar-refractivity contribution is 5.81. The van der Waals surface area contributed by atoms with E-state index in [1.807, 2.05) is 12.1 Å². The van der Waals surface area contributed by atoms with Crippen LogP contribution in [0.2, 0.25) is 0 Å². The molecule has 120 valence electrons. The van der Waals surface area contributed by atoms with Gasteiger partial charge < -0.3 is 20.3 Å². The summed E-state index contributed by atoms with van der Waals surface area (Å²) in [5.74, 6) is 1.05. The number of anilines is 1. The third kappa shape index (κ3) is 3.75. The standard InChI is InChI=1S/C16H24N4O2/c21-16(14-5-1-2-6-17-14)19-12-13-4-3-7-18-15(13)20-8-10-22-11-9-20/h3-4,7,14,17H,1-2,5-6,8-12H2,(H,19,21). The molecule has 1 aromatic rings. The molecule has 0 bridgehead atoms. The molecule has 6 heteroatoms. The summed E-state index contributed by atoms with van der Waals surface area (Å²) in [5.41, 5.74) is 1.06. The summed E-state index contributed by atoms with van der Waals surface area (Å²) in [6.07, 6.45) is 5.01. The zero-order valence-electron chi connectivity index (χ0n) is 12.9. The molecule has 22 heavy (non-hydrogen) atoms. The first-order chi connectivity index (χ1) is 10.8. The predicted octanol–water partition coefficient (Wildman–Crippen LogP) is 0.676. The largest absolute Gasteiger partial charge is 0.378 e. The van der Waals surface area contributed by atoms with Gasteiger partial charge in [-0.15, -0.1) is 0 Å². The third-order valence-electron chi connectivity index (χ3n) is 4.26. The molecule has 0 spiro atoms. The van der Waals surface area contributed by atoms with Gasteiger partial charge in [-0.2, -0.15) is 0 Å². The van der Waals surface area contributed by atoms with Crippen LogP contribution in [-0.2, 0) is 16.1 Å². The van der Waals surface area contributed by atoms with Gasteiger partial charge in [-0.3, -0.25) is 4.79 Å². The minimum atomic E-state index is -0.0442. The number of rotatable bonds is 4. The number of nitrogens with zero attached hydrogens (tertiary/aromatic N) is 2. The summed E-state index contributed by atoms with van der Waals surface area (Å²) >= 11 is 0. The Bertz CT molecular complexity index is 497. The summed E-state index contributed by atoms with van der Waals surface area (Å²) in [7, 11) is 0. The highest BCUT2D eigenvalue weighted by atomic mass is 16.5. The number of hydrogen-bond donors (Lipinski definition) is 2. The molecular weight excluding hydrogens is 280 g/mol. The SMILES string of the molecule is O=C(NCc1cccnc1N1CCOCC1)C1CCCCN1. The number of piperidine rings is 1. The average molecular weight is 304 g/mol. The van der Waals surface area contributed by atoms with Crippen LogP contribution in [0, 0.1) is 0 Å². The molecule has 3 heterocycles. The van der Waals surface area contributed by atoms with Crippen molar-refractivity contribution in [1.82, 2.24) is 15.6 Å². The monoisotopic (exact) mass is 304 g/mol. The summed E-state index contributed by atoms with van der Waals surface area (Å²) < 4.78 is 5.39. The van der Waals surface area contributed by atoms with Crippen LogP contribution < -0.4 is 15.5 Å². The van der Waals surface area contributed by atoms with Gasteiger partial charge in [0.1, 0.15) is 5.82 Å². The van der Waals surface area contributed by atoms with E-state index in [9.17, 15) is 4.79 Å². The minimum Gasteiger partial charge on any atom is -0.378 e. The predicted molar refractivity (Wildman–Crippen MR) is 84.8 cm³/mol. The Kier molecular flexibility index (Phi) is 5.24. The lowest BCUT2D eigenvalue weighted by Crippen LogP contribution is -2.46. The summed E-state index contributed by atoms with van der Waals surface area (Å²) in [4.78, 5) is 19.0. The van der Waals surface area contributed by atoms with E-state index in [0.717, 1.165) is 63.5 Å². The van der Waals surface area contributed by atoms with Crippen LogP contribution in [0.5, 0.6) is 0 Å². The van der Waals surface area contributed by atoms with Gasteiger partial charge in [0, 0.05) is 31.4 Å². The van der Waals surface area contributed by atoms with E-state index in [4.69, 9.17) is 4.74 Å². The number of hydrogen-bond acceptors (Lipinski definition) is 5. The van der Waals surface area contributed by atoms with E-state index >= 15 is 0 Å². The molecule has 1 unspecified atom stereocenters. The molecule has 2 saturated heterocycles. The number of nitrogens with one attached hydrogen (secondary N) is 2. The molecule has 0 aromatic carbocycles. The van der Waals surface area contributed by atoms with Gasteiger partial charge >= 0.3 is 0 Å². The zero-order chi connectivity index (χ0) is 15.2. The van der Waals surface area contributed by atoms with E-state index in [1.165, 1.54) is 0 Å². The fourth-order valence-electron chi connectivity index (χ4n) is 3.01. The molecule has 1 atom stereocenters. The Morgan fingerprint density at radius 1 is 1.41 bits per heavy atom. The maximum Gasteiger partial charge on any atom is 0.237 e. The van der Waals surface area contributed by atoms with Crippen molar-refractivity contribution in [3.05, 3.63) is 23.9 Å². The van der Waals surface area contributed by atoms with E-state index < -0.39 is 0 Å². The number of carbonyl (C=O) groups excluding carboxylic acids is 1. The summed E-state index contributed by atoms with van der Waals surface area (Å²) in [6, 6.07) is 3.91. The van der Waals surface area contributed by atoms with E-state index in [1.54, 1.807) is 6.20 Å². The molecular formula is C16H24N4O2. The van der Waals surface area contributed by atoms with E-state index in [2.05, 4.69) is 20.5 Å². The number of aromatic nitrogens is 1. The van der Waals surface area contributed by atoms with E-state index in [-0.39, 0.29) is 11.9 Å². The maximum absolute atomic E-state index is 12.2. The molecule has 2 aliphatic heterocycles. The second-order valence-corrected chi connectivity index (χ2v) is 5.81. The van der Waals surface area contributed by atoms with Gasteiger partial charge in [0.25, 0.3) is 0 Å². The summed E-state index contributed by atoms with van der Waals surface area (Å²) in [5, 5.41) is 6.33. The van der Waals surface area contributed by atoms with Crippen molar-refractivity contribution in [3.63, 3.8) is 0 Å². The molecule has 0 aliphatic carbocycles. The molecule has 2 fully saturated rings. The Hall–Kier alpha value is -1.66. The molecule has 0 radical (unpaired) electrons.